The third-order valence-electron chi connectivity index (χ3n) is 21.2. The van der Waals surface area contributed by atoms with Crippen LogP contribution in [0.1, 0.15) is 135 Å². The molecule has 0 saturated carbocycles. The van der Waals surface area contributed by atoms with Crippen molar-refractivity contribution in [1.29, 1.82) is 21.0 Å². The van der Waals surface area contributed by atoms with Crippen LogP contribution in [0.5, 0.6) is 0 Å². The molecule has 0 spiro atoms. The number of hydrogen-bond donors (Lipinski definition) is 0. The van der Waals surface area contributed by atoms with E-state index in [1.54, 1.807) is 0 Å². The molecule has 10 aromatic carbocycles. The lowest BCUT2D eigenvalue weighted by molar-refractivity contribution is -0.744. The highest BCUT2D eigenvalue weighted by molar-refractivity contribution is 5.80. The number of nitriles is 4. The minimum atomic E-state index is 0.395. The second-order valence-electron chi connectivity index (χ2n) is 29.3. The Morgan fingerprint density at radius 1 is 0.303 bits per heavy atom. The summed E-state index contributed by atoms with van der Waals surface area (Å²) in [5, 5.41) is 36.5. The number of aromatic nitrogens is 8. The fraction of sp³-hybridized carbons (Fsp3) is 0.216. The monoisotopic (exact) mass is 1430 g/mol. The lowest BCUT2D eigenvalue weighted by atomic mass is 9.83. The van der Waals surface area contributed by atoms with Gasteiger partial charge in [0.05, 0.1) is 113 Å². The van der Waals surface area contributed by atoms with Gasteiger partial charge in [0.2, 0.25) is 41.8 Å². The van der Waals surface area contributed by atoms with Crippen molar-refractivity contribution in [3.05, 3.63) is 332 Å². The zero-order valence-corrected chi connectivity index (χ0v) is 66.5. The van der Waals surface area contributed by atoms with Crippen LogP contribution in [0, 0.1) is 121 Å². The maximum atomic E-state index is 9.24. The van der Waals surface area contributed by atoms with Gasteiger partial charge in [0.25, 0.3) is 0 Å². The van der Waals surface area contributed by atoms with Gasteiger partial charge in [-0.05, 0) is 226 Å². The van der Waals surface area contributed by atoms with Crippen molar-refractivity contribution in [1.82, 2.24) is 18.7 Å². The largest absolute Gasteiger partial charge is 0.238 e. The molecule has 0 unspecified atom stereocenters. The molecule has 0 aliphatic carbocycles. The first kappa shape index (κ1) is 77.1. The van der Waals surface area contributed by atoms with Gasteiger partial charge >= 0.3 is 0 Å². The minimum absolute atomic E-state index is 0.395. The standard InChI is InChI=1S/C30H32N3.C27H26N3.C21H22N3.C19H18N3/c1-20(2)27-15-25(24-10-8-7-9-11-24)16-28(21(3)4)30(27)26-18-32(6)33(19-26)29-13-12-23(17-31)14-22(29)5;1-18-13-22(16-28)11-12-26(18)30-17-25(21(4)29(30)5)27-19(2)14-24(15-20(27)3)23-9-7-6-8-10-23;1-14-7-6-8-15(2)21(14)19-13-24(23(5)17(19)4)20-10-9-18(12-22)11-16(20)3;1-14-11-16(12-20)9-10-19(14)22-13-18(15(2)21(22)3)17-7-5-4-6-8-17/h7-16,18-21H,1-6H3;6-15,17H,1-5H3;6-11,13H,1-5H3;4-11,13H,1-3H3/q4*+1. The van der Waals surface area contributed by atoms with Crippen LogP contribution in [0.25, 0.3) is 89.5 Å². The van der Waals surface area contributed by atoms with E-state index in [1.807, 2.05) is 92.7 Å². The van der Waals surface area contributed by atoms with Crippen molar-refractivity contribution in [3.8, 4) is 114 Å². The topological polar surface area (TPSA) is 130 Å². The van der Waals surface area contributed by atoms with Gasteiger partial charge in [-0.1, -0.05) is 175 Å². The number of hydrogen-bond acceptors (Lipinski definition) is 4. The number of aryl methyl sites for hydroxylation is 9. The average molecular weight is 1430 g/mol. The molecule has 0 atom stereocenters. The molecule has 542 valence electrons. The van der Waals surface area contributed by atoms with Crippen LogP contribution in [0.4, 0.5) is 0 Å². The van der Waals surface area contributed by atoms with Gasteiger partial charge < -0.3 is 0 Å². The third-order valence-corrected chi connectivity index (χ3v) is 21.2. The highest BCUT2D eigenvalue weighted by Crippen LogP contribution is 2.41. The quantitative estimate of drug-likeness (QED) is 0.113. The van der Waals surface area contributed by atoms with Crippen molar-refractivity contribution >= 4 is 0 Å². The van der Waals surface area contributed by atoms with Gasteiger partial charge in [-0.2, -0.15) is 35.1 Å². The molecule has 0 saturated heterocycles. The van der Waals surface area contributed by atoms with E-state index in [4.69, 9.17) is 10.5 Å². The van der Waals surface area contributed by atoms with Crippen molar-refractivity contribution in [2.24, 2.45) is 28.2 Å². The molecule has 0 fully saturated rings. The van der Waals surface area contributed by atoms with Crippen molar-refractivity contribution < 1.29 is 18.7 Å². The van der Waals surface area contributed by atoms with Crippen LogP contribution < -0.4 is 18.7 Å². The maximum absolute atomic E-state index is 9.24. The van der Waals surface area contributed by atoms with E-state index >= 15 is 0 Å². The van der Waals surface area contributed by atoms with Gasteiger partial charge in [-0.3, -0.25) is 0 Å². The fourth-order valence-electron chi connectivity index (χ4n) is 15.0. The Hall–Kier alpha value is -13.0. The van der Waals surface area contributed by atoms with Crippen LogP contribution >= 0.6 is 0 Å². The fourth-order valence-corrected chi connectivity index (χ4v) is 15.0. The third kappa shape index (κ3) is 16.2. The second kappa shape index (κ2) is 33.2. The van der Waals surface area contributed by atoms with Crippen molar-refractivity contribution in [2.75, 3.05) is 0 Å². The van der Waals surface area contributed by atoms with Gasteiger partial charge in [0, 0.05) is 34.9 Å². The molecule has 0 bridgehead atoms. The zero-order chi connectivity index (χ0) is 78.2. The summed E-state index contributed by atoms with van der Waals surface area (Å²) < 4.78 is 17.2. The second-order valence-corrected chi connectivity index (χ2v) is 29.3. The Morgan fingerprint density at radius 2 is 0.642 bits per heavy atom. The number of benzene rings is 10. The first-order valence-corrected chi connectivity index (χ1v) is 37.2. The summed E-state index contributed by atoms with van der Waals surface area (Å²) in [6.45, 7) is 32.4. The van der Waals surface area contributed by atoms with Gasteiger partial charge in [0.1, 0.15) is 5.69 Å². The van der Waals surface area contributed by atoms with E-state index in [0.29, 0.717) is 34.1 Å². The normalized spacial score (nSPS) is 10.8. The molecular formula is C97H98N12+4. The van der Waals surface area contributed by atoms with E-state index < -0.39 is 0 Å². The predicted molar refractivity (Wildman–Crippen MR) is 440 cm³/mol. The molecule has 109 heavy (non-hydrogen) atoms. The van der Waals surface area contributed by atoms with Crippen molar-refractivity contribution in [2.45, 2.75) is 116 Å². The van der Waals surface area contributed by atoms with Crippen LogP contribution in [0.2, 0.25) is 0 Å². The lowest BCUT2D eigenvalue weighted by Gasteiger charge is -2.20. The first-order chi connectivity index (χ1) is 52.2. The van der Waals surface area contributed by atoms with E-state index in [0.717, 1.165) is 45.0 Å². The lowest BCUT2D eigenvalue weighted by Crippen LogP contribution is -2.39. The molecule has 12 nitrogen and oxygen atoms in total. The summed E-state index contributed by atoms with van der Waals surface area (Å²) in [6.07, 6.45) is 11.0. The Bertz CT molecular complexity index is 5830. The number of nitrogens with zero attached hydrogens (tertiary/aromatic N) is 12. The molecular weight excluding hydrogens is 1330 g/mol. The molecule has 0 aliphatic heterocycles. The summed E-state index contributed by atoms with van der Waals surface area (Å²) in [5.74, 6) is 0.790. The van der Waals surface area contributed by atoms with Crippen molar-refractivity contribution in [3.63, 3.8) is 0 Å². The Labute approximate surface area is 644 Å². The smallest absolute Gasteiger partial charge is 0.192 e. The van der Waals surface area contributed by atoms with Crippen LogP contribution in [-0.4, -0.2) is 18.7 Å². The Kier molecular flexibility index (Phi) is 23.5. The molecule has 0 N–H and O–H groups in total. The average Bonchev–Trinajstić information content (AvgIpc) is 1.70. The molecule has 4 heterocycles. The highest BCUT2D eigenvalue weighted by atomic mass is 15.4. The number of rotatable bonds is 12. The summed E-state index contributed by atoms with van der Waals surface area (Å²) in [5.41, 5.74) is 38.0. The molecule has 14 rings (SSSR count). The van der Waals surface area contributed by atoms with Gasteiger partial charge in [0.15, 0.2) is 7.05 Å². The van der Waals surface area contributed by atoms with E-state index in [2.05, 4.69) is 338 Å². The summed E-state index contributed by atoms with van der Waals surface area (Å²) in [4.78, 5) is 0. The zero-order valence-electron chi connectivity index (χ0n) is 66.5. The molecule has 0 amide bonds. The van der Waals surface area contributed by atoms with E-state index in [-0.39, 0.29) is 0 Å². The Morgan fingerprint density at radius 3 is 1.01 bits per heavy atom. The summed E-state index contributed by atoms with van der Waals surface area (Å²) in [7, 11) is 8.28. The van der Waals surface area contributed by atoms with Gasteiger partial charge in [-0.25, -0.2) is 0 Å². The highest BCUT2D eigenvalue weighted by Gasteiger charge is 2.28. The maximum Gasteiger partial charge on any atom is 0.238 e. The van der Waals surface area contributed by atoms with Crippen LogP contribution in [0.3, 0.4) is 0 Å². The van der Waals surface area contributed by atoms with Crippen LogP contribution in [-0.2, 0) is 28.2 Å². The first-order valence-electron chi connectivity index (χ1n) is 37.2. The van der Waals surface area contributed by atoms with E-state index in [1.165, 1.54) is 117 Å². The molecule has 12 heteroatoms. The van der Waals surface area contributed by atoms with Gasteiger partial charge in [-0.15, -0.1) is 9.36 Å². The minimum Gasteiger partial charge on any atom is -0.192 e. The summed E-state index contributed by atoms with van der Waals surface area (Å²) in [6, 6.07) is 79.4. The SMILES string of the molecule is Cc1cc(C#N)ccc1-[n+]1cc(-c2c(C)cc(-c3ccccc3)cc2C)c(C)n1C.Cc1cc(C#N)ccc1-[n+]1cc(-c2c(C)cccc2C)c(C)n1C.Cc1cc(C#N)ccc1-[n+]1cc(-c2ccccc2)c(C)n1C.Cc1cc(C#N)ccc1-n1cc(-c2c(C(C)C)cc(-c3ccccc3)cc2C(C)C)c[n+]1C. The molecule has 4 aromatic heterocycles. The molecule has 0 radical (unpaired) electrons. The summed E-state index contributed by atoms with van der Waals surface area (Å²) >= 11 is 0. The molecule has 0 aliphatic rings. The predicted octanol–water partition coefficient (Wildman–Crippen LogP) is 20.3. The Balaban J connectivity index is 0.000000146. The molecule has 14 aromatic rings. The van der Waals surface area contributed by atoms with Crippen LogP contribution in [0.15, 0.2) is 237 Å². The van der Waals surface area contributed by atoms with E-state index in [9.17, 15) is 10.5 Å².